The molecule has 1 saturated heterocycles. The van der Waals surface area contributed by atoms with Crippen molar-refractivity contribution in [1.82, 2.24) is 14.8 Å². The number of rotatable bonds is 7. The van der Waals surface area contributed by atoms with E-state index in [1.807, 2.05) is 18.5 Å². The van der Waals surface area contributed by atoms with Crippen LogP contribution in [0.1, 0.15) is 25.3 Å². The van der Waals surface area contributed by atoms with Crippen LogP contribution < -0.4 is 0 Å². The van der Waals surface area contributed by atoms with Crippen molar-refractivity contribution in [1.29, 1.82) is 0 Å². The standard InChI is InChI=1S/C17H27N3OS/c1-4-16(22-3)17(21)20-9-7-15(13-20)12-19(2)11-14-6-5-8-18-10-14/h5-6,8,10,15-16H,4,7,9,11-13H2,1-3H3/t15-,16-/m0/s1. The molecular weight excluding hydrogens is 294 g/mol. The van der Waals surface area contributed by atoms with E-state index in [9.17, 15) is 4.79 Å². The van der Waals surface area contributed by atoms with E-state index in [2.05, 4.69) is 34.8 Å². The van der Waals surface area contributed by atoms with Crippen molar-refractivity contribution in [2.24, 2.45) is 5.92 Å². The van der Waals surface area contributed by atoms with Gasteiger partial charge in [-0.05, 0) is 43.7 Å². The zero-order chi connectivity index (χ0) is 15.9. The molecule has 2 atom stereocenters. The van der Waals surface area contributed by atoms with Gasteiger partial charge in [-0.25, -0.2) is 0 Å². The summed E-state index contributed by atoms with van der Waals surface area (Å²) in [7, 11) is 2.15. The first-order valence-corrected chi connectivity index (χ1v) is 9.31. The van der Waals surface area contributed by atoms with Crippen LogP contribution in [0, 0.1) is 5.92 Å². The highest BCUT2D eigenvalue weighted by molar-refractivity contribution is 7.99. The number of aromatic nitrogens is 1. The minimum absolute atomic E-state index is 0.131. The first-order chi connectivity index (χ1) is 10.6. The van der Waals surface area contributed by atoms with Crippen molar-refractivity contribution in [3.05, 3.63) is 30.1 Å². The summed E-state index contributed by atoms with van der Waals surface area (Å²) in [5, 5.41) is 0.131. The molecule has 1 aliphatic heterocycles. The van der Waals surface area contributed by atoms with E-state index >= 15 is 0 Å². The van der Waals surface area contributed by atoms with Gasteiger partial charge < -0.3 is 9.80 Å². The van der Waals surface area contributed by atoms with E-state index in [4.69, 9.17) is 0 Å². The molecule has 22 heavy (non-hydrogen) atoms. The molecule has 4 nitrogen and oxygen atoms in total. The molecule has 0 aliphatic carbocycles. The fraction of sp³-hybridized carbons (Fsp3) is 0.647. The van der Waals surface area contributed by atoms with Gasteiger partial charge in [0.05, 0.1) is 5.25 Å². The van der Waals surface area contributed by atoms with Gasteiger partial charge in [-0.2, -0.15) is 11.8 Å². The van der Waals surface area contributed by atoms with Crippen LogP contribution in [-0.2, 0) is 11.3 Å². The van der Waals surface area contributed by atoms with Gasteiger partial charge in [0.15, 0.2) is 0 Å². The van der Waals surface area contributed by atoms with Crippen LogP contribution in [0.15, 0.2) is 24.5 Å². The summed E-state index contributed by atoms with van der Waals surface area (Å²) in [6.45, 7) is 5.87. The second-order valence-electron chi connectivity index (χ2n) is 6.13. The summed E-state index contributed by atoms with van der Waals surface area (Å²) < 4.78 is 0. The van der Waals surface area contributed by atoms with Gasteiger partial charge in [0.1, 0.15) is 0 Å². The highest BCUT2D eigenvalue weighted by atomic mass is 32.2. The molecule has 0 unspecified atom stereocenters. The number of carbonyl (C=O) groups excluding carboxylic acids is 1. The van der Waals surface area contributed by atoms with E-state index in [0.717, 1.165) is 39.0 Å². The number of likely N-dealkylation sites (tertiary alicyclic amines) is 1. The SMILES string of the molecule is CC[C@H](SC)C(=O)N1CC[C@@H](CN(C)Cc2cccnc2)C1. The Balaban J connectivity index is 1.79. The maximum absolute atomic E-state index is 12.4. The molecular formula is C17H27N3OS. The molecule has 0 aromatic carbocycles. The lowest BCUT2D eigenvalue weighted by molar-refractivity contribution is -0.129. The molecule has 2 rings (SSSR count). The minimum atomic E-state index is 0.131. The summed E-state index contributed by atoms with van der Waals surface area (Å²) in [5.74, 6) is 0.914. The molecule has 0 radical (unpaired) electrons. The third kappa shape index (κ3) is 4.71. The van der Waals surface area contributed by atoms with Crippen molar-refractivity contribution in [2.45, 2.75) is 31.6 Å². The number of nitrogens with zero attached hydrogens (tertiary/aromatic N) is 3. The molecule has 2 heterocycles. The number of carbonyl (C=O) groups is 1. The first kappa shape index (κ1) is 17.3. The summed E-state index contributed by atoms with van der Waals surface area (Å²) in [6.07, 6.45) is 7.79. The molecule has 0 N–H and O–H groups in total. The Morgan fingerprint density at radius 3 is 3.05 bits per heavy atom. The van der Waals surface area contributed by atoms with Gasteiger partial charge in [-0.3, -0.25) is 9.78 Å². The van der Waals surface area contributed by atoms with E-state index in [1.165, 1.54) is 5.56 Å². The quantitative estimate of drug-likeness (QED) is 0.773. The van der Waals surface area contributed by atoms with Gasteiger partial charge in [0, 0.05) is 38.6 Å². The highest BCUT2D eigenvalue weighted by Gasteiger charge is 2.30. The highest BCUT2D eigenvalue weighted by Crippen LogP contribution is 2.22. The third-order valence-electron chi connectivity index (χ3n) is 4.27. The Bertz CT molecular complexity index is 464. The van der Waals surface area contributed by atoms with E-state index in [-0.39, 0.29) is 5.25 Å². The number of thioether (sulfide) groups is 1. The monoisotopic (exact) mass is 321 g/mol. The van der Waals surface area contributed by atoms with E-state index in [1.54, 1.807) is 18.0 Å². The lowest BCUT2D eigenvalue weighted by Gasteiger charge is -2.23. The van der Waals surface area contributed by atoms with Crippen molar-refractivity contribution < 1.29 is 4.79 Å². The predicted molar refractivity (Wildman–Crippen MR) is 92.9 cm³/mol. The van der Waals surface area contributed by atoms with Crippen LogP contribution in [0.5, 0.6) is 0 Å². The largest absolute Gasteiger partial charge is 0.341 e. The Kier molecular flexibility index (Phi) is 6.70. The predicted octanol–water partition coefficient (Wildman–Crippen LogP) is 2.50. The smallest absolute Gasteiger partial charge is 0.235 e. The molecule has 1 aliphatic rings. The Hall–Kier alpha value is -1.07. The van der Waals surface area contributed by atoms with Crippen LogP contribution in [0.2, 0.25) is 0 Å². The average molecular weight is 321 g/mol. The number of hydrogen-bond donors (Lipinski definition) is 0. The second-order valence-corrected chi connectivity index (χ2v) is 7.17. The Morgan fingerprint density at radius 2 is 2.41 bits per heavy atom. The van der Waals surface area contributed by atoms with Crippen molar-refractivity contribution in [3.63, 3.8) is 0 Å². The maximum Gasteiger partial charge on any atom is 0.235 e. The number of amides is 1. The van der Waals surface area contributed by atoms with E-state index < -0.39 is 0 Å². The van der Waals surface area contributed by atoms with Gasteiger partial charge >= 0.3 is 0 Å². The van der Waals surface area contributed by atoms with Crippen LogP contribution in [-0.4, -0.2) is 58.9 Å². The fourth-order valence-corrected chi connectivity index (χ4v) is 3.82. The Labute approximate surface area is 138 Å². The van der Waals surface area contributed by atoms with Crippen molar-refractivity contribution in [3.8, 4) is 0 Å². The summed E-state index contributed by atoms with van der Waals surface area (Å²) >= 11 is 1.67. The second kappa shape index (κ2) is 8.53. The van der Waals surface area contributed by atoms with Crippen LogP contribution >= 0.6 is 11.8 Å². The van der Waals surface area contributed by atoms with Crippen LogP contribution in [0.25, 0.3) is 0 Å². The molecule has 0 saturated carbocycles. The van der Waals surface area contributed by atoms with E-state index in [0.29, 0.717) is 11.8 Å². The van der Waals surface area contributed by atoms with Crippen molar-refractivity contribution in [2.75, 3.05) is 32.9 Å². The Morgan fingerprint density at radius 1 is 1.59 bits per heavy atom. The van der Waals surface area contributed by atoms with Crippen LogP contribution in [0.3, 0.4) is 0 Å². The van der Waals surface area contributed by atoms with Gasteiger partial charge in [-0.15, -0.1) is 0 Å². The number of pyridine rings is 1. The zero-order valence-corrected chi connectivity index (χ0v) is 14.7. The molecule has 1 aromatic heterocycles. The fourth-order valence-electron chi connectivity index (χ4n) is 3.14. The molecule has 122 valence electrons. The molecule has 0 spiro atoms. The molecule has 1 fully saturated rings. The summed E-state index contributed by atoms with van der Waals surface area (Å²) in [5.41, 5.74) is 1.24. The molecule has 1 amide bonds. The van der Waals surface area contributed by atoms with Gasteiger partial charge in [-0.1, -0.05) is 13.0 Å². The number of hydrogen-bond acceptors (Lipinski definition) is 4. The lowest BCUT2D eigenvalue weighted by Crippen LogP contribution is -2.36. The van der Waals surface area contributed by atoms with Gasteiger partial charge in [0.25, 0.3) is 0 Å². The molecule has 1 aromatic rings. The topological polar surface area (TPSA) is 36.4 Å². The first-order valence-electron chi connectivity index (χ1n) is 8.03. The van der Waals surface area contributed by atoms with Gasteiger partial charge in [0.2, 0.25) is 5.91 Å². The molecule has 5 heteroatoms. The summed E-state index contributed by atoms with van der Waals surface area (Å²) in [4.78, 5) is 21.0. The lowest BCUT2D eigenvalue weighted by atomic mass is 10.1. The normalized spacial score (nSPS) is 19.6. The molecule has 0 bridgehead atoms. The minimum Gasteiger partial charge on any atom is -0.341 e. The van der Waals surface area contributed by atoms with Crippen molar-refractivity contribution >= 4 is 17.7 Å². The average Bonchev–Trinajstić information content (AvgIpc) is 2.97. The third-order valence-corrected chi connectivity index (χ3v) is 5.38. The summed E-state index contributed by atoms with van der Waals surface area (Å²) in [6, 6.07) is 4.09. The zero-order valence-electron chi connectivity index (χ0n) is 13.9. The maximum atomic E-state index is 12.4. The van der Waals surface area contributed by atoms with Crippen LogP contribution in [0.4, 0.5) is 0 Å².